The number of anilines is 1. The first kappa shape index (κ1) is 20.4. The molecule has 2 aliphatic heterocycles. The second kappa shape index (κ2) is 7.43. The first-order chi connectivity index (χ1) is 14.2. The van der Waals surface area contributed by atoms with E-state index in [1.54, 1.807) is 24.3 Å². The molecule has 0 radical (unpaired) electrons. The van der Waals surface area contributed by atoms with Crippen molar-refractivity contribution in [1.82, 2.24) is 4.90 Å². The van der Waals surface area contributed by atoms with Crippen LogP contribution < -0.4 is 4.90 Å². The van der Waals surface area contributed by atoms with Gasteiger partial charge >= 0.3 is 6.03 Å². The predicted molar refractivity (Wildman–Crippen MR) is 114 cm³/mol. The normalized spacial score (nSPS) is 26.5. The zero-order valence-electron chi connectivity index (χ0n) is 17.7. The number of nitrogens with zero attached hydrogens (tertiary/aromatic N) is 2. The number of benzene rings is 2. The number of imide groups is 1. The fourth-order valence-electron chi connectivity index (χ4n) is 4.81. The highest BCUT2D eigenvalue weighted by molar-refractivity contribution is 6.21. The van der Waals surface area contributed by atoms with E-state index >= 15 is 0 Å². The van der Waals surface area contributed by atoms with E-state index in [0.717, 1.165) is 16.7 Å². The minimum absolute atomic E-state index is 0.158. The van der Waals surface area contributed by atoms with E-state index in [1.165, 1.54) is 9.80 Å². The number of fused-ring (bicyclic) bond motifs is 1. The number of urea groups is 1. The molecule has 2 fully saturated rings. The molecule has 0 aromatic heterocycles. The summed E-state index contributed by atoms with van der Waals surface area (Å²) in [6, 6.07) is 11.5. The van der Waals surface area contributed by atoms with E-state index in [2.05, 4.69) is 13.8 Å². The van der Waals surface area contributed by atoms with Gasteiger partial charge in [0.25, 0.3) is 5.91 Å². The Labute approximate surface area is 176 Å². The Kier molecular flexibility index (Phi) is 5.06. The fraction of sp³-hybridized carbons (Fsp3) is 0.417. The molecular formula is C24H28N2O4. The topological polar surface area (TPSA) is 81.1 Å². The Balaban J connectivity index is 1.69. The Bertz CT molecular complexity index is 965. The van der Waals surface area contributed by atoms with Crippen molar-refractivity contribution in [3.8, 4) is 5.75 Å². The first-order valence-electron chi connectivity index (χ1n) is 10.4. The van der Waals surface area contributed by atoms with Crippen LogP contribution in [0.5, 0.6) is 5.75 Å². The molecule has 0 saturated carbocycles. The number of aryl methyl sites for hydroxylation is 1. The number of aliphatic hydroxyl groups excluding tert-OH is 1. The molecule has 2 aliphatic rings. The number of amides is 3. The molecule has 0 aliphatic carbocycles. The highest BCUT2D eigenvalue weighted by atomic mass is 16.3. The largest absolute Gasteiger partial charge is 0.508 e. The molecule has 30 heavy (non-hydrogen) atoms. The van der Waals surface area contributed by atoms with E-state index in [-0.39, 0.29) is 23.5 Å². The van der Waals surface area contributed by atoms with E-state index in [0.29, 0.717) is 18.0 Å². The van der Waals surface area contributed by atoms with Crippen LogP contribution >= 0.6 is 0 Å². The summed E-state index contributed by atoms with van der Waals surface area (Å²) in [5, 5.41) is 21.4. The van der Waals surface area contributed by atoms with E-state index in [1.807, 2.05) is 32.0 Å². The van der Waals surface area contributed by atoms with Gasteiger partial charge in [0.2, 0.25) is 0 Å². The number of phenolic OH excluding ortho intramolecular Hbond substituents is 1. The van der Waals surface area contributed by atoms with Gasteiger partial charge in [0.05, 0.1) is 5.69 Å². The number of piperidine rings is 1. The van der Waals surface area contributed by atoms with E-state index in [4.69, 9.17) is 0 Å². The van der Waals surface area contributed by atoms with Crippen LogP contribution in [0.1, 0.15) is 55.7 Å². The molecule has 2 saturated heterocycles. The molecule has 2 heterocycles. The van der Waals surface area contributed by atoms with Crippen LogP contribution in [0.15, 0.2) is 42.5 Å². The zero-order valence-corrected chi connectivity index (χ0v) is 17.7. The fourth-order valence-corrected chi connectivity index (χ4v) is 4.81. The summed E-state index contributed by atoms with van der Waals surface area (Å²) >= 11 is 0. The summed E-state index contributed by atoms with van der Waals surface area (Å²) in [4.78, 5) is 28.9. The lowest BCUT2D eigenvalue weighted by molar-refractivity contribution is -0.126. The van der Waals surface area contributed by atoms with Crippen molar-refractivity contribution in [1.29, 1.82) is 0 Å². The molecular weight excluding hydrogens is 380 g/mol. The monoisotopic (exact) mass is 408 g/mol. The van der Waals surface area contributed by atoms with Crippen LogP contribution in [-0.4, -0.2) is 39.3 Å². The molecule has 6 heteroatoms. The predicted octanol–water partition coefficient (Wildman–Crippen LogP) is 4.10. The van der Waals surface area contributed by atoms with Crippen molar-refractivity contribution < 1.29 is 19.8 Å². The second-order valence-electron chi connectivity index (χ2n) is 8.75. The third kappa shape index (κ3) is 3.06. The number of aromatic hydroxyl groups is 1. The van der Waals surface area contributed by atoms with Crippen molar-refractivity contribution in [3.63, 3.8) is 0 Å². The molecule has 2 aromatic carbocycles. The Morgan fingerprint density at radius 1 is 1.07 bits per heavy atom. The van der Waals surface area contributed by atoms with Crippen molar-refractivity contribution in [2.24, 2.45) is 5.92 Å². The minimum atomic E-state index is -1.11. The summed E-state index contributed by atoms with van der Waals surface area (Å²) in [6.45, 7) is 7.93. The molecule has 2 N–H and O–H groups in total. The first-order valence-corrected chi connectivity index (χ1v) is 10.4. The summed E-state index contributed by atoms with van der Waals surface area (Å²) in [5.74, 6) is -0.386. The molecule has 4 atom stereocenters. The number of phenols is 1. The van der Waals surface area contributed by atoms with Gasteiger partial charge in [-0.1, -0.05) is 45.0 Å². The van der Waals surface area contributed by atoms with Crippen LogP contribution in [0, 0.1) is 12.8 Å². The van der Waals surface area contributed by atoms with Gasteiger partial charge in [-0.2, -0.15) is 0 Å². The Hall–Kier alpha value is -2.86. The number of rotatable bonds is 3. The molecule has 6 nitrogen and oxygen atoms in total. The average Bonchev–Trinajstić information content (AvgIpc) is 2.95. The molecule has 2 aromatic rings. The highest BCUT2D eigenvalue weighted by Gasteiger charge is 2.55. The summed E-state index contributed by atoms with van der Waals surface area (Å²) in [5.41, 5.74) is 3.28. The number of carbonyl (C=O) groups is 2. The average molecular weight is 408 g/mol. The van der Waals surface area contributed by atoms with Gasteiger partial charge in [-0.15, -0.1) is 0 Å². The van der Waals surface area contributed by atoms with Gasteiger partial charge < -0.3 is 10.2 Å². The Morgan fingerprint density at radius 2 is 1.73 bits per heavy atom. The van der Waals surface area contributed by atoms with Gasteiger partial charge in [-0.3, -0.25) is 9.69 Å². The van der Waals surface area contributed by atoms with Crippen LogP contribution in [-0.2, 0) is 4.79 Å². The molecule has 3 amide bonds. The smallest absolute Gasteiger partial charge is 0.334 e. The molecule has 4 unspecified atom stereocenters. The van der Waals surface area contributed by atoms with E-state index < -0.39 is 18.3 Å². The lowest BCUT2D eigenvalue weighted by Crippen LogP contribution is -2.53. The van der Waals surface area contributed by atoms with Crippen molar-refractivity contribution in [2.45, 2.75) is 58.2 Å². The van der Waals surface area contributed by atoms with Gasteiger partial charge in [-0.05, 0) is 54.5 Å². The molecule has 158 valence electrons. The van der Waals surface area contributed by atoms with Crippen LogP contribution in [0.2, 0.25) is 0 Å². The van der Waals surface area contributed by atoms with Crippen LogP contribution in [0.4, 0.5) is 10.5 Å². The summed E-state index contributed by atoms with van der Waals surface area (Å²) in [6.07, 6.45) is -0.744. The number of hydrogen-bond acceptors (Lipinski definition) is 4. The molecule has 0 spiro atoms. The van der Waals surface area contributed by atoms with Gasteiger partial charge in [0.1, 0.15) is 18.0 Å². The van der Waals surface area contributed by atoms with Crippen molar-refractivity contribution in [3.05, 3.63) is 59.2 Å². The maximum Gasteiger partial charge on any atom is 0.334 e. The van der Waals surface area contributed by atoms with Crippen molar-refractivity contribution in [2.75, 3.05) is 4.90 Å². The zero-order chi connectivity index (χ0) is 21.7. The Morgan fingerprint density at radius 3 is 2.33 bits per heavy atom. The third-order valence-electron chi connectivity index (χ3n) is 6.61. The lowest BCUT2D eigenvalue weighted by atomic mass is 9.76. The summed E-state index contributed by atoms with van der Waals surface area (Å²) in [7, 11) is 0. The van der Waals surface area contributed by atoms with E-state index in [9.17, 15) is 19.8 Å². The maximum atomic E-state index is 13.3. The number of carbonyl (C=O) groups excluding carboxylic acids is 2. The highest BCUT2D eigenvalue weighted by Crippen LogP contribution is 2.46. The standard InChI is InChI=1S/C24H28N2O4/c1-13(2)16-8-10-17(11-9-16)25-23(29)19-12-18(15(4)22(28)26(19)24(25)30)21-14(3)6-5-7-20(21)27/h5-11,13,15,18-19,22,27-28H,12H2,1-4H3. The maximum absolute atomic E-state index is 13.3. The molecule has 0 bridgehead atoms. The van der Waals surface area contributed by atoms with Gasteiger partial charge in [0, 0.05) is 11.5 Å². The second-order valence-corrected chi connectivity index (χ2v) is 8.75. The number of aliphatic hydroxyl groups is 1. The number of hydrogen-bond donors (Lipinski definition) is 2. The van der Waals surface area contributed by atoms with Gasteiger partial charge in [-0.25, -0.2) is 9.69 Å². The summed E-state index contributed by atoms with van der Waals surface area (Å²) < 4.78 is 0. The quantitative estimate of drug-likeness (QED) is 0.749. The van der Waals surface area contributed by atoms with Crippen molar-refractivity contribution >= 4 is 17.6 Å². The lowest BCUT2D eigenvalue weighted by Gasteiger charge is -2.42. The third-order valence-corrected chi connectivity index (χ3v) is 6.61. The molecule has 4 rings (SSSR count). The SMILES string of the molecule is Cc1cccc(O)c1C1CC2C(=O)N(c3ccc(C(C)C)cc3)C(=O)N2C(O)C1C. The van der Waals surface area contributed by atoms with Crippen LogP contribution in [0.3, 0.4) is 0 Å². The minimum Gasteiger partial charge on any atom is -0.508 e. The van der Waals surface area contributed by atoms with Gasteiger partial charge in [0.15, 0.2) is 0 Å². The van der Waals surface area contributed by atoms with Crippen LogP contribution in [0.25, 0.3) is 0 Å².